The van der Waals surface area contributed by atoms with E-state index in [4.69, 9.17) is 33.0 Å². The number of aromatic nitrogens is 2. The molecule has 2 aliphatic rings. The molecule has 176 valence electrons. The minimum absolute atomic E-state index is 0.0986. The monoisotopic (exact) mass is 503 g/mol. The molecule has 2 aliphatic heterocycles. The molecule has 1 aromatic heterocycles. The molecule has 0 saturated heterocycles. The Balaban J connectivity index is 1.69. The van der Waals surface area contributed by atoms with E-state index < -0.39 is 0 Å². The first-order valence-corrected chi connectivity index (χ1v) is 12.3. The van der Waals surface area contributed by atoms with Gasteiger partial charge in [-0.25, -0.2) is 4.68 Å². The molecule has 0 N–H and O–H groups in total. The molecule has 0 saturated carbocycles. The highest BCUT2D eigenvalue weighted by Crippen LogP contribution is 2.56. The average Bonchev–Trinajstić information content (AvgIpc) is 3.36. The number of hydrogen-bond donors (Lipinski definition) is 0. The second-order valence-electron chi connectivity index (χ2n) is 9.28. The molecule has 6 rings (SSSR count). The van der Waals surface area contributed by atoms with Gasteiger partial charge in [-0.15, -0.1) is 0 Å². The van der Waals surface area contributed by atoms with Gasteiger partial charge in [0.25, 0.3) is 5.91 Å². The highest BCUT2D eigenvalue weighted by molar-refractivity contribution is 6.35. The van der Waals surface area contributed by atoms with Crippen LogP contribution in [0.2, 0.25) is 10.0 Å². The van der Waals surface area contributed by atoms with Gasteiger partial charge in [-0.1, -0.05) is 61.3 Å². The van der Waals surface area contributed by atoms with E-state index in [-0.39, 0.29) is 17.9 Å². The fourth-order valence-corrected chi connectivity index (χ4v) is 5.95. The zero-order valence-electron chi connectivity index (χ0n) is 19.8. The number of hydrogen-bond acceptors (Lipinski definition) is 3. The topological polar surface area (TPSA) is 47.4 Å². The van der Waals surface area contributed by atoms with Crippen LogP contribution < -0.4 is 9.64 Å². The first kappa shape index (κ1) is 22.2. The van der Waals surface area contributed by atoms with E-state index in [9.17, 15) is 4.79 Å². The summed E-state index contributed by atoms with van der Waals surface area (Å²) in [4.78, 5) is 15.9. The van der Waals surface area contributed by atoms with E-state index in [1.165, 1.54) is 0 Å². The van der Waals surface area contributed by atoms with Crippen molar-refractivity contribution in [1.29, 1.82) is 0 Å². The molecule has 1 atom stereocenters. The Morgan fingerprint density at radius 2 is 1.83 bits per heavy atom. The minimum Gasteiger partial charge on any atom is -0.494 e. The minimum atomic E-state index is -0.324. The Bertz CT molecular complexity index is 1540. The van der Waals surface area contributed by atoms with Crippen molar-refractivity contribution in [3.05, 3.63) is 92.7 Å². The number of para-hydroxylation sites is 2. The summed E-state index contributed by atoms with van der Waals surface area (Å²) in [7, 11) is 1.64. The fourth-order valence-electron chi connectivity index (χ4n) is 5.52. The lowest BCUT2D eigenvalue weighted by molar-refractivity contribution is 0.0988. The van der Waals surface area contributed by atoms with Gasteiger partial charge < -0.3 is 4.74 Å². The molecule has 7 heteroatoms. The molecule has 1 amide bonds. The second kappa shape index (κ2) is 7.87. The number of nitrogens with zero attached hydrogens (tertiary/aromatic N) is 3. The third-order valence-corrected chi connectivity index (χ3v) is 7.47. The number of fused-ring (bicyclic) bond motifs is 8. The van der Waals surface area contributed by atoms with Gasteiger partial charge in [-0.05, 0) is 59.9 Å². The molecule has 4 aromatic rings. The molecular formula is C28H23Cl2N3O2. The summed E-state index contributed by atoms with van der Waals surface area (Å²) in [5, 5.41) is 6.11. The van der Waals surface area contributed by atoms with Gasteiger partial charge in [-0.2, -0.15) is 5.10 Å². The van der Waals surface area contributed by atoms with E-state index in [2.05, 4.69) is 13.8 Å². The summed E-state index contributed by atoms with van der Waals surface area (Å²) >= 11 is 13.2. The Kier molecular flexibility index (Phi) is 4.99. The molecule has 35 heavy (non-hydrogen) atoms. The summed E-state index contributed by atoms with van der Waals surface area (Å²) in [5.74, 6) is 0.665. The highest BCUT2D eigenvalue weighted by atomic mass is 35.5. The first-order chi connectivity index (χ1) is 16.8. The number of methoxy groups -OCH3 is 1. The summed E-state index contributed by atoms with van der Waals surface area (Å²) in [5.41, 5.74) is 7.73. The number of amides is 1. The maximum Gasteiger partial charge on any atom is 0.280 e. The van der Waals surface area contributed by atoms with Gasteiger partial charge in [0.05, 0.1) is 29.6 Å². The van der Waals surface area contributed by atoms with Crippen LogP contribution in [0.4, 0.5) is 5.69 Å². The van der Waals surface area contributed by atoms with Crippen LogP contribution in [0.15, 0.2) is 54.6 Å². The van der Waals surface area contributed by atoms with Crippen molar-refractivity contribution in [1.82, 2.24) is 9.78 Å². The lowest BCUT2D eigenvalue weighted by atomic mass is 9.84. The maximum atomic E-state index is 14.1. The third kappa shape index (κ3) is 3.01. The lowest BCUT2D eigenvalue weighted by Gasteiger charge is -2.36. The zero-order valence-corrected chi connectivity index (χ0v) is 21.3. The molecule has 3 heterocycles. The van der Waals surface area contributed by atoms with Crippen LogP contribution in [0.5, 0.6) is 5.75 Å². The van der Waals surface area contributed by atoms with Crippen molar-refractivity contribution in [3.8, 4) is 22.6 Å². The van der Waals surface area contributed by atoms with Gasteiger partial charge >= 0.3 is 0 Å². The number of aryl methyl sites for hydroxylation is 1. The van der Waals surface area contributed by atoms with Crippen molar-refractivity contribution >= 4 is 34.8 Å². The van der Waals surface area contributed by atoms with E-state index in [1.54, 1.807) is 7.11 Å². The summed E-state index contributed by atoms with van der Waals surface area (Å²) in [6, 6.07) is 17.1. The predicted molar refractivity (Wildman–Crippen MR) is 139 cm³/mol. The summed E-state index contributed by atoms with van der Waals surface area (Å²) in [6.45, 7) is 6.25. The van der Waals surface area contributed by atoms with Crippen molar-refractivity contribution in [2.75, 3.05) is 12.0 Å². The second-order valence-corrected chi connectivity index (χ2v) is 10.1. The van der Waals surface area contributed by atoms with E-state index in [0.29, 0.717) is 21.5 Å². The number of rotatable bonds is 3. The number of carbonyl (C=O) groups is 1. The predicted octanol–water partition coefficient (Wildman–Crippen LogP) is 7.35. The quantitative estimate of drug-likeness (QED) is 0.293. The smallest absolute Gasteiger partial charge is 0.280 e. The van der Waals surface area contributed by atoms with Crippen molar-refractivity contribution in [3.63, 3.8) is 0 Å². The molecule has 0 spiro atoms. The number of carbonyl (C=O) groups excluding carboxylic acids is 1. The summed E-state index contributed by atoms with van der Waals surface area (Å²) < 4.78 is 7.50. The SMILES string of the molecule is COc1ccccc1-n1nc2c(c1C(C)C)C1c3ccc(Cl)cc3-c3c(Cl)ccc(C)c3N1C2=O. The average molecular weight is 504 g/mol. The van der Waals surface area contributed by atoms with Crippen molar-refractivity contribution in [2.45, 2.75) is 32.7 Å². The molecule has 5 nitrogen and oxygen atoms in total. The van der Waals surface area contributed by atoms with Gasteiger partial charge in [-0.3, -0.25) is 9.69 Å². The molecule has 3 aromatic carbocycles. The van der Waals surface area contributed by atoms with Crippen LogP contribution in [0.1, 0.15) is 58.7 Å². The van der Waals surface area contributed by atoms with Crippen molar-refractivity contribution < 1.29 is 9.53 Å². The molecule has 0 bridgehead atoms. The molecule has 0 radical (unpaired) electrons. The zero-order chi connectivity index (χ0) is 24.6. The Morgan fingerprint density at radius 3 is 2.57 bits per heavy atom. The number of anilines is 1. The van der Waals surface area contributed by atoms with E-state index in [0.717, 1.165) is 44.9 Å². The number of ether oxygens (including phenoxy) is 1. The van der Waals surface area contributed by atoms with Gasteiger partial charge in [0.15, 0.2) is 5.69 Å². The Morgan fingerprint density at radius 1 is 1.06 bits per heavy atom. The van der Waals surface area contributed by atoms with Gasteiger partial charge in [0.1, 0.15) is 11.4 Å². The fraction of sp³-hybridized carbons (Fsp3) is 0.214. The van der Waals surface area contributed by atoms with Crippen LogP contribution in [0.3, 0.4) is 0 Å². The standard InChI is InChI=1S/C28H23Cl2N3O2/c1-14(2)25-23-24(31-33(25)20-7-5-6-8-21(20)35-4)28(34)32-26-15(3)9-12-19(30)22(26)18-13-16(29)10-11-17(18)27(23)32/h5-14,27H,1-4H3. The van der Waals surface area contributed by atoms with E-state index >= 15 is 0 Å². The van der Waals surface area contributed by atoms with Crippen LogP contribution in [0, 0.1) is 6.92 Å². The largest absolute Gasteiger partial charge is 0.494 e. The van der Waals surface area contributed by atoms with Gasteiger partial charge in [0.2, 0.25) is 0 Å². The third-order valence-electron chi connectivity index (χ3n) is 6.92. The Labute approximate surface area is 213 Å². The summed E-state index contributed by atoms with van der Waals surface area (Å²) in [6.07, 6.45) is 0. The van der Waals surface area contributed by atoms with Crippen LogP contribution in [0.25, 0.3) is 16.8 Å². The Hall–Kier alpha value is -3.28. The highest BCUT2D eigenvalue weighted by Gasteiger charge is 2.49. The van der Waals surface area contributed by atoms with Crippen LogP contribution in [-0.4, -0.2) is 22.8 Å². The molecular weight excluding hydrogens is 481 g/mol. The van der Waals surface area contributed by atoms with Gasteiger partial charge in [0, 0.05) is 16.1 Å². The number of benzene rings is 3. The maximum absolute atomic E-state index is 14.1. The molecule has 0 fully saturated rings. The van der Waals surface area contributed by atoms with E-state index in [1.807, 2.05) is 71.1 Å². The normalized spacial score (nSPS) is 15.7. The number of halogens is 2. The van der Waals surface area contributed by atoms with Crippen molar-refractivity contribution in [2.24, 2.45) is 0 Å². The first-order valence-electron chi connectivity index (χ1n) is 11.5. The molecule has 0 aliphatic carbocycles. The van der Waals surface area contributed by atoms with Crippen LogP contribution >= 0.6 is 23.2 Å². The molecule has 1 unspecified atom stereocenters. The lowest BCUT2D eigenvalue weighted by Crippen LogP contribution is -2.34. The van der Waals surface area contributed by atoms with Crippen LogP contribution in [-0.2, 0) is 0 Å².